The summed E-state index contributed by atoms with van der Waals surface area (Å²) >= 11 is 5.87. The molecular weight excluding hydrogens is 214 g/mol. The Balaban J connectivity index is 2.95. The smallest absolute Gasteiger partial charge is 0.137 e. The number of hydrogen-bond acceptors (Lipinski definition) is 4. The van der Waals surface area contributed by atoms with E-state index in [-0.39, 0.29) is 0 Å². The van der Waals surface area contributed by atoms with Crippen molar-refractivity contribution in [3.05, 3.63) is 17.0 Å². The minimum Gasteiger partial charge on any atom is -0.391 e. The number of nitrogens with zero attached hydrogens (tertiary/aromatic N) is 2. The summed E-state index contributed by atoms with van der Waals surface area (Å²) in [5, 5.41) is 13.1. The molecule has 0 fully saturated rings. The summed E-state index contributed by atoms with van der Waals surface area (Å²) in [6.45, 7) is 7.36. The quantitative estimate of drug-likeness (QED) is 0.779. The van der Waals surface area contributed by atoms with Crippen LogP contribution in [-0.2, 0) is 0 Å². The van der Waals surface area contributed by atoms with Crippen molar-refractivity contribution in [2.45, 2.75) is 39.3 Å². The predicted octanol–water partition coefficient (Wildman–Crippen LogP) is 2.01. The van der Waals surface area contributed by atoms with Crippen molar-refractivity contribution in [1.82, 2.24) is 9.97 Å². The second-order valence-electron chi connectivity index (χ2n) is 4.16. The summed E-state index contributed by atoms with van der Waals surface area (Å²) in [7, 11) is 0. The number of hydrogen-bond donors (Lipinski definition) is 2. The fourth-order valence-corrected chi connectivity index (χ4v) is 1.10. The fraction of sp³-hybridized carbons (Fsp3) is 0.600. The van der Waals surface area contributed by atoms with Gasteiger partial charge in [0.15, 0.2) is 0 Å². The first-order valence-corrected chi connectivity index (χ1v) is 5.15. The molecule has 4 nitrogen and oxygen atoms in total. The summed E-state index contributed by atoms with van der Waals surface area (Å²) in [4.78, 5) is 7.95. The van der Waals surface area contributed by atoms with Crippen molar-refractivity contribution >= 4 is 17.4 Å². The van der Waals surface area contributed by atoms with Crippen molar-refractivity contribution in [3.63, 3.8) is 0 Å². The summed E-state index contributed by atoms with van der Waals surface area (Å²) in [5.41, 5.74) is 0.329. The van der Waals surface area contributed by atoms with Gasteiger partial charge in [0.1, 0.15) is 17.3 Å². The predicted molar refractivity (Wildman–Crippen MR) is 61.2 cm³/mol. The second-order valence-corrected chi connectivity index (χ2v) is 4.52. The Kier molecular flexibility index (Phi) is 3.52. The van der Waals surface area contributed by atoms with Crippen molar-refractivity contribution < 1.29 is 5.11 Å². The van der Waals surface area contributed by atoms with Crippen molar-refractivity contribution in [1.29, 1.82) is 0 Å². The van der Waals surface area contributed by atoms with Gasteiger partial charge in [0, 0.05) is 5.56 Å². The topological polar surface area (TPSA) is 58.0 Å². The van der Waals surface area contributed by atoms with Gasteiger partial charge in [-0.1, -0.05) is 11.6 Å². The van der Waals surface area contributed by atoms with Crippen LogP contribution in [0.5, 0.6) is 0 Å². The zero-order chi connectivity index (χ0) is 11.6. The fourth-order valence-electron chi connectivity index (χ4n) is 0.964. The summed E-state index contributed by atoms with van der Waals surface area (Å²) in [6, 6.07) is 0. The molecule has 1 aromatic rings. The van der Waals surface area contributed by atoms with Crippen LogP contribution in [0.1, 0.15) is 26.3 Å². The van der Waals surface area contributed by atoms with Crippen LogP contribution in [-0.4, -0.2) is 26.7 Å². The lowest BCUT2D eigenvalue weighted by molar-refractivity contribution is 0.133. The Morgan fingerprint density at radius 3 is 2.60 bits per heavy atom. The van der Waals surface area contributed by atoms with E-state index in [1.54, 1.807) is 6.92 Å². The molecule has 0 aliphatic heterocycles. The normalized spacial score (nSPS) is 13.7. The molecule has 1 unspecified atom stereocenters. The van der Waals surface area contributed by atoms with Gasteiger partial charge in [-0.05, 0) is 27.7 Å². The molecule has 0 amide bonds. The SMILES string of the molecule is Cc1c(Cl)ncnc1NC(C)(C)C(C)O. The maximum atomic E-state index is 9.56. The summed E-state index contributed by atoms with van der Waals surface area (Å²) in [6.07, 6.45) is 0.904. The van der Waals surface area contributed by atoms with Crippen LogP contribution in [0, 0.1) is 6.92 Å². The average molecular weight is 230 g/mol. The van der Waals surface area contributed by atoms with Gasteiger partial charge in [-0.2, -0.15) is 0 Å². The van der Waals surface area contributed by atoms with Crippen LogP contribution in [0.3, 0.4) is 0 Å². The van der Waals surface area contributed by atoms with E-state index in [1.807, 2.05) is 20.8 Å². The Morgan fingerprint density at radius 2 is 2.07 bits per heavy atom. The van der Waals surface area contributed by atoms with Crippen molar-refractivity contribution in [3.8, 4) is 0 Å². The number of rotatable bonds is 3. The van der Waals surface area contributed by atoms with E-state index < -0.39 is 11.6 Å². The molecule has 0 spiro atoms. The molecule has 1 rings (SSSR count). The van der Waals surface area contributed by atoms with E-state index in [2.05, 4.69) is 15.3 Å². The molecule has 1 aromatic heterocycles. The maximum Gasteiger partial charge on any atom is 0.137 e. The zero-order valence-corrected chi connectivity index (χ0v) is 10.1. The molecule has 1 atom stereocenters. The Morgan fingerprint density at radius 1 is 1.47 bits per heavy atom. The van der Waals surface area contributed by atoms with Gasteiger partial charge in [0.2, 0.25) is 0 Å². The van der Waals surface area contributed by atoms with E-state index in [1.165, 1.54) is 6.33 Å². The van der Waals surface area contributed by atoms with Crippen LogP contribution < -0.4 is 5.32 Å². The first kappa shape index (κ1) is 12.2. The lowest BCUT2D eigenvalue weighted by Crippen LogP contribution is -2.42. The highest BCUT2D eigenvalue weighted by Gasteiger charge is 2.25. The van der Waals surface area contributed by atoms with Gasteiger partial charge in [-0.15, -0.1) is 0 Å². The lowest BCUT2D eigenvalue weighted by atomic mass is 9.98. The molecule has 0 aliphatic carbocycles. The lowest BCUT2D eigenvalue weighted by Gasteiger charge is -2.30. The number of halogens is 1. The van der Waals surface area contributed by atoms with Crippen LogP contribution in [0.4, 0.5) is 5.82 Å². The van der Waals surface area contributed by atoms with E-state index in [4.69, 9.17) is 11.6 Å². The largest absolute Gasteiger partial charge is 0.391 e. The molecule has 2 N–H and O–H groups in total. The number of nitrogens with one attached hydrogen (secondary N) is 1. The molecular formula is C10H16ClN3O. The molecule has 0 radical (unpaired) electrons. The number of aliphatic hydroxyl groups is 1. The Bertz CT molecular complexity index is 353. The molecule has 0 saturated heterocycles. The van der Waals surface area contributed by atoms with Crippen molar-refractivity contribution in [2.24, 2.45) is 0 Å². The molecule has 0 aromatic carbocycles. The minimum atomic E-state index is -0.495. The van der Waals surface area contributed by atoms with Crippen LogP contribution in [0.25, 0.3) is 0 Å². The number of aliphatic hydroxyl groups excluding tert-OH is 1. The molecule has 1 heterocycles. The molecule has 0 aliphatic rings. The van der Waals surface area contributed by atoms with Gasteiger partial charge >= 0.3 is 0 Å². The number of anilines is 1. The van der Waals surface area contributed by atoms with Gasteiger partial charge < -0.3 is 10.4 Å². The molecule has 15 heavy (non-hydrogen) atoms. The molecule has 5 heteroatoms. The van der Waals surface area contributed by atoms with Gasteiger partial charge in [-0.3, -0.25) is 0 Å². The first-order valence-electron chi connectivity index (χ1n) is 4.78. The van der Waals surface area contributed by atoms with Crippen molar-refractivity contribution in [2.75, 3.05) is 5.32 Å². The third kappa shape index (κ3) is 2.79. The van der Waals surface area contributed by atoms with Gasteiger partial charge in [0.05, 0.1) is 11.6 Å². The molecule has 0 bridgehead atoms. The molecule has 84 valence electrons. The Hall–Kier alpha value is -0.870. The maximum absolute atomic E-state index is 9.56. The molecule has 0 saturated carbocycles. The van der Waals surface area contributed by atoms with E-state index in [0.717, 1.165) is 5.56 Å². The average Bonchev–Trinajstić information content (AvgIpc) is 2.12. The van der Waals surface area contributed by atoms with Crippen LogP contribution in [0.2, 0.25) is 5.15 Å². The third-order valence-corrected chi connectivity index (χ3v) is 2.89. The van der Waals surface area contributed by atoms with E-state index in [0.29, 0.717) is 11.0 Å². The second kappa shape index (κ2) is 4.33. The van der Waals surface area contributed by atoms with Gasteiger partial charge in [0.25, 0.3) is 0 Å². The summed E-state index contributed by atoms with van der Waals surface area (Å²) in [5.74, 6) is 0.654. The number of aromatic nitrogens is 2. The summed E-state index contributed by atoms with van der Waals surface area (Å²) < 4.78 is 0. The highest BCUT2D eigenvalue weighted by molar-refractivity contribution is 6.30. The van der Waals surface area contributed by atoms with E-state index in [9.17, 15) is 5.11 Å². The minimum absolute atomic E-state index is 0.425. The highest BCUT2D eigenvalue weighted by Crippen LogP contribution is 2.22. The monoisotopic (exact) mass is 229 g/mol. The highest BCUT2D eigenvalue weighted by atomic mass is 35.5. The third-order valence-electron chi connectivity index (χ3n) is 2.51. The Labute approximate surface area is 94.7 Å². The van der Waals surface area contributed by atoms with Crippen LogP contribution in [0.15, 0.2) is 6.33 Å². The standard InChI is InChI=1S/C10H16ClN3O/c1-6-8(11)12-5-13-9(6)14-10(3,4)7(2)15/h5,7,15H,1-4H3,(H,12,13,14). The van der Waals surface area contributed by atoms with E-state index >= 15 is 0 Å². The van der Waals surface area contributed by atoms with Gasteiger partial charge in [-0.25, -0.2) is 9.97 Å². The first-order chi connectivity index (χ1) is 6.84. The zero-order valence-electron chi connectivity index (χ0n) is 9.37. The van der Waals surface area contributed by atoms with Crippen LogP contribution >= 0.6 is 11.6 Å².